The lowest BCUT2D eigenvalue weighted by molar-refractivity contribution is 0.258. The van der Waals surface area contributed by atoms with Crippen molar-refractivity contribution >= 4 is 16.5 Å². The highest BCUT2D eigenvalue weighted by Crippen LogP contribution is 2.33. The van der Waals surface area contributed by atoms with Gasteiger partial charge in [0.2, 0.25) is 0 Å². The van der Waals surface area contributed by atoms with Gasteiger partial charge in [0.25, 0.3) is 0 Å². The molecule has 4 nitrogen and oxygen atoms in total. The molecule has 0 spiro atoms. The molecule has 1 aromatic rings. The molecule has 0 radical (unpaired) electrons. The maximum atomic E-state index is 9.56. The quantitative estimate of drug-likeness (QED) is 0.907. The molecule has 2 unspecified atom stereocenters. The molecule has 1 aliphatic rings. The zero-order valence-electron chi connectivity index (χ0n) is 13.1. The van der Waals surface area contributed by atoms with Crippen LogP contribution in [0, 0.1) is 0 Å². The SMILES string of the molecule is CCC(C)c1nc(N2CCCC(N(C)C)C2)sc1CO. The van der Waals surface area contributed by atoms with Crippen molar-refractivity contribution in [2.24, 2.45) is 0 Å². The summed E-state index contributed by atoms with van der Waals surface area (Å²) in [4.78, 5) is 10.6. The van der Waals surface area contributed by atoms with Gasteiger partial charge in [0.15, 0.2) is 5.13 Å². The van der Waals surface area contributed by atoms with Crippen molar-refractivity contribution in [3.05, 3.63) is 10.6 Å². The monoisotopic (exact) mass is 297 g/mol. The van der Waals surface area contributed by atoms with Crippen LogP contribution in [0.25, 0.3) is 0 Å². The van der Waals surface area contributed by atoms with E-state index < -0.39 is 0 Å². The second-order valence-electron chi connectivity index (χ2n) is 5.98. The fourth-order valence-electron chi connectivity index (χ4n) is 2.73. The zero-order valence-corrected chi connectivity index (χ0v) is 13.9. The van der Waals surface area contributed by atoms with Gasteiger partial charge in [0.05, 0.1) is 17.2 Å². The number of hydrogen-bond acceptors (Lipinski definition) is 5. The molecule has 0 aromatic carbocycles. The average molecular weight is 297 g/mol. The third-order valence-electron chi connectivity index (χ3n) is 4.34. The Kier molecular flexibility index (Phi) is 5.41. The van der Waals surface area contributed by atoms with Gasteiger partial charge in [-0.2, -0.15) is 0 Å². The number of aliphatic hydroxyl groups is 1. The number of rotatable bonds is 5. The summed E-state index contributed by atoms with van der Waals surface area (Å²) in [6.45, 7) is 6.61. The fourth-order valence-corrected chi connectivity index (χ4v) is 3.80. The van der Waals surface area contributed by atoms with Crippen molar-refractivity contribution in [2.75, 3.05) is 32.1 Å². The Bertz CT molecular complexity index is 433. The van der Waals surface area contributed by atoms with Crippen LogP contribution in [0.5, 0.6) is 0 Å². The largest absolute Gasteiger partial charge is 0.391 e. The fraction of sp³-hybridized carbons (Fsp3) is 0.800. The molecule has 1 fully saturated rings. The van der Waals surface area contributed by atoms with Gasteiger partial charge in [-0.05, 0) is 39.3 Å². The van der Waals surface area contributed by atoms with E-state index in [1.54, 1.807) is 11.3 Å². The smallest absolute Gasteiger partial charge is 0.185 e. The number of piperidine rings is 1. The van der Waals surface area contributed by atoms with E-state index in [1.165, 1.54) is 12.8 Å². The lowest BCUT2D eigenvalue weighted by Crippen LogP contribution is -2.45. The molecule has 2 heterocycles. The molecule has 5 heteroatoms. The van der Waals surface area contributed by atoms with E-state index in [4.69, 9.17) is 4.98 Å². The van der Waals surface area contributed by atoms with E-state index >= 15 is 0 Å². The Morgan fingerprint density at radius 2 is 2.25 bits per heavy atom. The first-order valence-electron chi connectivity index (χ1n) is 7.58. The zero-order chi connectivity index (χ0) is 14.7. The summed E-state index contributed by atoms with van der Waals surface area (Å²) in [6, 6.07) is 0.609. The maximum absolute atomic E-state index is 9.56. The highest BCUT2D eigenvalue weighted by atomic mass is 32.1. The summed E-state index contributed by atoms with van der Waals surface area (Å²) in [5.41, 5.74) is 1.10. The Morgan fingerprint density at radius 1 is 1.50 bits per heavy atom. The lowest BCUT2D eigenvalue weighted by Gasteiger charge is -2.36. The number of hydrogen-bond donors (Lipinski definition) is 1. The number of nitrogens with zero attached hydrogens (tertiary/aromatic N) is 3. The van der Waals surface area contributed by atoms with E-state index in [2.05, 4.69) is 37.7 Å². The molecule has 2 atom stereocenters. The van der Waals surface area contributed by atoms with Crippen LogP contribution in [-0.2, 0) is 6.61 Å². The number of aromatic nitrogens is 1. The van der Waals surface area contributed by atoms with Gasteiger partial charge in [-0.3, -0.25) is 0 Å². The third-order valence-corrected chi connectivity index (χ3v) is 5.45. The molecular weight excluding hydrogens is 270 g/mol. The van der Waals surface area contributed by atoms with Gasteiger partial charge in [-0.15, -0.1) is 0 Å². The molecule has 0 saturated carbocycles. The van der Waals surface area contributed by atoms with Gasteiger partial charge in [-0.1, -0.05) is 25.2 Å². The van der Waals surface area contributed by atoms with Crippen molar-refractivity contribution in [3.8, 4) is 0 Å². The molecular formula is C15H27N3OS. The number of likely N-dealkylation sites (N-methyl/N-ethyl adjacent to an activating group) is 1. The topological polar surface area (TPSA) is 39.6 Å². The number of aliphatic hydroxyl groups excluding tert-OH is 1. The minimum atomic E-state index is 0.113. The molecule has 114 valence electrons. The van der Waals surface area contributed by atoms with Gasteiger partial charge in [0.1, 0.15) is 0 Å². The molecule has 0 aliphatic carbocycles. The van der Waals surface area contributed by atoms with Crippen LogP contribution in [0.4, 0.5) is 5.13 Å². The Morgan fingerprint density at radius 3 is 2.85 bits per heavy atom. The van der Waals surface area contributed by atoms with Gasteiger partial charge < -0.3 is 14.9 Å². The summed E-state index contributed by atoms with van der Waals surface area (Å²) >= 11 is 1.67. The Labute approximate surface area is 126 Å². The van der Waals surface area contributed by atoms with Crippen LogP contribution < -0.4 is 4.90 Å². The maximum Gasteiger partial charge on any atom is 0.185 e. The van der Waals surface area contributed by atoms with Crippen molar-refractivity contribution in [2.45, 2.75) is 51.7 Å². The van der Waals surface area contributed by atoms with Crippen molar-refractivity contribution in [1.82, 2.24) is 9.88 Å². The third kappa shape index (κ3) is 3.32. The summed E-state index contributed by atoms with van der Waals surface area (Å²) in [5.74, 6) is 0.427. The van der Waals surface area contributed by atoms with Crippen molar-refractivity contribution < 1.29 is 5.11 Å². The second kappa shape index (κ2) is 6.87. The molecule has 20 heavy (non-hydrogen) atoms. The number of anilines is 1. The summed E-state index contributed by atoms with van der Waals surface area (Å²) < 4.78 is 0. The van der Waals surface area contributed by atoms with Gasteiger partial charge in [-0.25, -0.2) is 4.98 Å². The lowest BCUT2D eigenvalue weighted by atomic mass is 10.0. The molecule has 1 saturated heterocycles. The summed E-state index contributed by atoms with van der Waals surface area (Å²) in [6.07, 6.45) is 3.55. The van der Waals surface area contributed by atoms with E-state index in [0.29, 0.717) is 12.0 Å². The average Bonchev–Trinajstić information content (AvgIpc) is 2.90. The normalized spacial score (nSPS) is 21.5. The number of thiazole rings is 1. The molecule has 1 aromatic heterocycles. The van der Waals surface area contributed by atoms with Crippen LogP contribution >= 0.6 is 11.3 Å². The van der Waals surface area contributed by atoms with Crippen LogP contribution in [0.1, 0.15) is 49.6 Å². The van der Waals surface area contributed by atoms with Crippen LogP contribution in [0.3, 0.4) is 0 Å². The first kappa shape index (κ1) is 15.7. The molecule has 1 N–H and O–H groups in total. The standard InChI is InChI=1S/C15H27N3OS/c1-5-11(2)14-13(10-19)20-15(16-14)18-8-6-7-12(9-18)17(3)4/h11-12,19H,5-10H2,1-4H3. The highest BCUT2D eigenvalue weighted by molar-refractivity contribution is 7.15. The van der Waals surface area contributed by atoms with Crippen molar-refractivity contribution in [1.29, 1.82) is 0 Å². The van der Waals surface area contributed by atoms with E-state index in [0.717, 1.165) is 35.2 Å². The first-order valence-corrected chi connectivity index (χ1v) is 8.40. The van der Waals surface area contributed by atoms with Crippen LogP contribution in [-0.4, -0.2) is 48.2 Å². The van der Waals surface area contributed by atoms with E-state index in [9.17, 15) is 5.11 Å². The van der Waals surface area contributed by atoms with Gasteiger partial charge >= 0.3 is 0 Å². The Balaban J connectivity index is 2.18. The van der Waals surface area contributed by atoms with E-state index in [-0.39, 0.29) is 6.61 Å². The minimum Gasteiger partial charge on any atom is -0.391 e. The minimum absolute atomic E-state index is 0.113. The van der Waals surface area contributed by atoms with Crippen LogP contribution in [0.15, 0.2) is 0 Å². The summed E-state index contributed by atoms with van der Waals surface area (Å²) in [7, 11) is 4.31. The van der Waals surface area contributed by atoms with E-state index in [1.807, 2.05) is 0 Å². The highest BCUT2D eigenvalue weighted by Gasteiger charge is 2.25. The predicted molar refractivity (Wildman–Crippen MR) is 85.7 cm³/mol. The predicted octanol–water partition coefficient (Wildman–Crippen LogP) is 2.68. The molecule has 2 rings (SSSR count). The van der Waals surface area contributed by atoms with Gasteiger partial charge in [0, 0.05) is 19.1 Å². The second-order valence-corrected chi connectivity index (χ2v) is 7.04. The first-order chi connectivity index (χ1) is 9.56. The summed E-state index contributed by atoms with van der Waals surface area (Å²) in [5, 5.41) is 10.7. The molecule has 1 aliphatic heterocycles. The van der Waals surface area contributed by atoms with Crippen molar-refractivity contribution in [3.63, 3.8) is 0 Å². The van der Waals surface area contributed by atoms with Crippen LogP contribution in [0.2, 0.25) is 0 Å². The Hall–Kier alpha value is -0.650. The molecule has 0 amide bonds. The molecule has 0 bridgehead atoms.